The van der Waals surface area contributed by atoms with Crippen LogP contribution in [0.2, 0.25) is 0 Å². The van der Waals surface area contributed by atoms with Gasteiger partial charge in [0, 0.05) is 38.0 Å². The number of aromatic nitrogens is 4. The number of carbonyl (C=O) groups is 1. The number of hydrogen-bond donors (Lipinski definition) is 1. The number of hydrogen-bond acceptors (Lipinski definition) is 7. The van der Waals surface area contributed by atoms with Gasteiger partial charge in [0.05, 0.1) is 0 Å². The molecule has 1 atom stereocenters. The first kappa shape index (κ1) is 20.4. The van der Waals surface area contributed by atoms with Crippen molar-refractivity contribution in [3.63, 3.8) is 0 Å². The third kappa shape index (κ3) is 3.71. The number of amides is 1. The summed E-state index contributed by atoms with van der Waals surface area (Å²) in [6.07, 6.45) is 1.26. The van der Waals surface area contributed by atoms with E-state index in [1.165, 1.54) is 24.9 Å². The standard InChI is InChI=1S/C23H19N5O5/c1-27-12-16(22(30)28(2)23(27)31)19-25-21(33-26-19)14-7-5-8-15(10-14)24-20(29)18-11-13-6-3-4-9-17(13)32-18/h3-10,12,18H,11H2,1-2H3,(H,24,29). The summed E-state index contributed by atoms with van der Waals surface area (Å²) >= 11 is 0. The molecular formula is C23H19N5O5. The van der Waals surface area contributed by atoms with E-state index in [9.17, 15) is 14.4 Å². The Morgan fingerprint density at radius 1 is 1.12 bits per heavy atom. The maximum absolute atomic E-state index is 12.7. The van der Waals surface area contributed by atoms with Gasteiger partial charge in [0.25, 0.3) is 17.4 Å². The van der Waals surface area contributed by atoms with Gasteiger partial charge in [-0.15, -0.1) is 0 Å². The molecule has 0 fully saturated rings. The van der Waals surface area contributed by atoms with E-state index in [0.29, 0.717) is 23.4 Å². The summed E-state index contributed by atoms with van der Waals surface area (Å²) in [7, 11) is 2.92. The molecule has 10 heteroatoms. The summed E-state index contributed by atoms with van der Waals surface area (Å²) in [5.41, 5.74) is 1.25. The molecular weight excluding hydrogens is 426 g/mol. The van der Waals surface area contributed by atoms with Gasteiger partial charge < -0.3 is 19.1 Å². The van der Waals surface area contributed by atoms with Gasteiger partial charge >= 0.3 is 5.69 Å². The lowest BCUT2D eigenvalue weighted by Crippen LogP contribution is -2.37. The second-order valence-electron chi connectivity index (χ2n) is 7.71. The van der Waals surface area contributed by atoms with Gasteiger partial charge in [-0.05, 0) is 29.8 Å². The smallest absolute Gasteiger partial charge is 0.330 e. The number of ether oxygens (including phenoxy) is 1. The van der Waals surface area contributed by atoms with E-state index in [1.54, 1.807) is 24.3 Å². The third-order valence-corrected chi connectivity index (χ3v) is 5.43. The number of benzene rings is 2. The van der Waals surface area contributed by atoms with Crippen molar-refractivity contribution >= 4 is 11.6 Å². The van der Waals surface area contributed by atoms with Crippen LogP contribution in [0.5, 0.6) is 5.75 Å². The van der Waals surface area contributed by atoms with Crippen LogP contribution in [0.1, 0.15) is 5.56 Å². The number of nitrogens with one attached hydrogen (secondary N) is 1. The Kier molecular flexibility index (Phi) is 4.89. The van der Waals surface area contributed by atoms with Crippen LogP contribution in [0.25, 0.3) is 22.8 Å². The third-order valence-electron chi connectivity index (χ3n) is 5.43. The fraction of sp³-hybridized carbons (Fsp3) is 0.174. The Labute approximate surface area is 187 Å². The first-order valence-electron chi connectivity index (χ1n) is 10.2. The lowest BCUT2D eigenvalue weighted by Gasteiger charge is -2.11. The molecule has 1 amide bonds. The Morgan fingerprint density at radius 3 is 2.76 bits per heavy atom. The fourth-order valence-electron chi connectivity index (χ4n) is 3.69. The van der Waals surface area contributed by atoms with Crippen molar-refractivity contribution in [1.82, 2.24) is 19.3 Å². The molecule has 5 rings (SSSR count). The minimum atomic E-state index is -0.609. The second kappa shape index (κ2) is 7.90. The summed E-state index contributed by atoms with van der Waals surface area (Å²) in [6, 6.07) is 14.5. The minimum absolute atomic E-state index is 0.0627. The quantitative estimate of drug-likeness (QED) is 0.508. The molecule has 1 unspecified atom stereocenters. The normalized spacial score (nSPS) is 14.5. The number of anilines is 1. The molecule has 2 aromatic heterocycles. The summed E-state index contributed by atoms with van der Waals surface area (Å²) < 4.78 is 13.3. The lowest BCUT2D eigenvalue weighted by atomic mass is 10.1. The minimum Gasteiger partial charge on any atom is -0.480 e. The van der Waals surface area contributed by atoms with Crippen molar-refractivity contribution in [2.24, 2.45) is 14.1 Å². The molecule has 1 aliphatic rings. The van der Waals surface area contributed by atoms with Gasteiger partial charge in [-0.2, -0.15) is 4.98 Å². The van der Waals surface area contributed by atoms with Crippen molar-refractivity contribution in [2.75, 3.05) is 5.32 Å². The molecule has 0 aliphatic carbocycles. The number of para-hydroxylation sites is 1. The highest BCUT2D eigenvalue weighted by molar-refractivity contribution is 5.95. The van der Waals surface area contributed by atoms with Crippen molar-refractivity contribution in [1.29, 1.82) is 0 Å². The van der Waals surface area contributed by atoms with Crippen molar-refractivity contribution in [2.45, 2.75) is 12.5 Å². The molecule has 0 spiro atoms. The van der Waals surface area contributed by atoms with Crippen LogP contribution >= 0.6 is 0 Å². The molecule has 4 aromatic rings. The van der Waals surface area contributed by atoms with E-state index >= 15 is 0 Å². The Hall–Kier alpha value is -4.47. The predicted molar refractivity (Wildman–Crippen MR) is 119 cm³/mol. The Morgan fingerprint density at radius 2 is 1.94 bits per heavy atom. The average Bonchev–Trinajstić information content (AvgIpc) is 3.48. The first-order valence-corrected chi connectivity index (χ1v) is 10.2. The van der Waals surface area contributed by atoms with Crippen molar-refractivity contribution in [3.8, 4) is 28.6 Å². The Balaban J connectivity index is 1.37. The van der Waals surface area contributed by atoms with Crippen molar-refractivity contribution < 1.29 is 14.1 Å². The van der Waals surface area contributed by atoms with Crippen LogP contribution < -0.4 is 21.3 Å². The zero-order valence-corrected chi connectivity index (χ0v) is 17.8. The summed E-state index contributed by atoms with van der Waals surface area (Å²) in [6.45, 7) is 0. The van der Waals surface area contributed by atoms with Gasteiger partial charge in [-0.25, -0.2) is 4.79 Å². The molecule has 166 valence electrons. The molecule has 0 saturated carbocycles. The van der Waals surface area contributed by atoms with Crippen LogP contribution in [-0.2, 0) is 25.3 Å². The number of rotatable bonds is 4. The van der Waals surface area contributed by atoms with Gasteiger partial charge in [-0.3, -0.25) is 14.2 Å². The van der Waals surface area contributed by atoms with E-state index in [1.807, 2.05) is 24.3 Å². The van der Waals surface area contributed by atoms with Gasteiger partial charge in [0.15, 0.2) is 6.10 Å². The second-order valence-corrected chi connectivity index (χ2v) is 7.71. The summed E-state index contributed by atoms with van der Waals surface area (Å²) in [5, 5.41) is 6.74. The monoisotopic (exact) mass is 445 g/mol. The van der Waals surface area contributed by atoms with Crippen molar-refractivity contribution in [3.05, 3.63) is 81.1 Å². The lowest BCUT2D eigenvalue weighted by molar-refractivity contribution is -0.122. The number of fused-ring (bicyclic) bond motifs is 1. The van der Waals surface area contributed by atoms with Gasteiger partial charge in [-0.1, -0.05) is 29.4 Å². The van der Waals surface area contributed by atoms with E-state index in [4.69, 9.17) is 9.26 Å². The maximum Gasteiger partial charge on any atom is 0.330 e. The predicted octanol–water partition coefficient (Wildman–Crippen LogP) is 1.74. The van der Waals surface area contributed by atoms with Gasteiger partial charge in [0.1, 0.15) is 11.3 Å². The van der Waals surface area contributed by atoms with E-state index in [2.05, 4.69) is 15.5 Å². The first-order chi connectivity index (χ1) is 15.9. The molecule has 1 N–H and O–H groups in total. The molecule has 33 heavy (non-hydrogen) atoms. The summed E-state index contributed by atoms with van der Waals surface area (Å²) in [5.74, 6) is 0.687. The summed E-state index contributed by atoms with van der Waals surface area (Å²) in [4.78, 5) is 41.3. The topological polar surface area (TPSA) is 121 Å². The molecule has 1 aliphatic heterocycles. The maximum atomic E-state index is 12.7. The highest BCUT2D eigenvalue weighted by atomic mass is 16.5. The average molecular weight is 445 g/mol. The number of carbonyl (C=O) groups excluding carboxylic acids is 1. The zero-order valence-electron chi connectivity index (χ0n) is 17.8. The van der Waals surface area contributed by atoms with Gasteiger partial charge in [0.2, 0.25) is 5.82 Å². The molecule has 0 radical (unpaired) electrons. The molecule has 0 saturated heterocycles. The molecule has 10 nitrogen and oxygen atoms in total. The van der Waals surface area contributed by atoms with Crippen LogP contribution in [0.3, 0.4) is 0 Å². The largest absolute Gasteiger partial charge is 0.480 e. The molecule has 3 heterocycles. The fourth-order valence-corrected chi connectivity index (χ4v) is 3.69. The Bertz CT molecular complexity index is 1470. The van der Waals surface area contributed by atoms with Crippen LogP contribution in [-0.4, -0.2) is 31.3 Å². The number of nitrogens with zero attached hydrogens (tertiary/aromatic N) is 4. The molecule has 0 bridgehead atoms. The van der Waals surface area contributed by atoms with Crippen LogP contribution in [0, 0.1) is 0 Å². The van der Waals surface area contributed by atoms with Crippen LogP contribution in [0.15, 0.2) is 68.8 Å². The van der Waals surface area contributed by atoms with E-state index in [0.717, 1.165) is 10.1 Å². The highest BCUT2D eigenvalue weighted by Crippen LogP contribution is 2.29. The molecule has 2 aromatic carbocycles. The number of aryl methyl sites for hydroxylation is 1. The zero-order chi connectivity index (χ0) is 23.1. The van der Waals surface area contributed by atoms with E-state index in [-0.39, 0.29) is 23.2 Å². The van der Waals surface area contributed by atoms with Crippen LogP contribution in [0.4, 0.5) is 5.69 Å². The highest BCUT2D eigenvalue weighted by Gasteiger charge is 2.29. The van der Waals surface area contributed by atoms with E-state index < -0.39 is 17.4 Å². The SMILES string of the molecule is Cn1cc(-c2noc(-c3cccc(NC(=O)C4Cc5ccccc5O4)c3)n2)c(=O)n(C)c1=O.